The minimum atomic E-state index is 0.551. The lowest BCUT2D eigenvalue weighted by Crippen LogP contribution is -1.69. The first-order valence-electron chi connectivity index (χ1n) is 2.93. The van der Waals surface area contributed by atoms with Crippen molar-refractivity contribution in [2.45, 2.75) is 6.92 Å². The predicted octanol–water partition coefficient (Wildman–Crippen LogP) is 2.76. The van der Waals surface area contributed by atoms with Gasteiger partial charge in [-0.2, -0.15) is 0 Å². The second kappa shape index (κ2) is 2.31. The Labute approximate surface area is 59.1 Å². The molecule has 0 atom stereocenters. The summed E-state index contributed by atoms with van der Waals surface area (Å²) in [4.78, 5) is 0. The monoisotopic (exact) mass is 171 g/mol. The molecular weight excluding hydrogens is 164 g/mol. The van der Waals surface area contributed by atoms with Crippen molar-refractivity contribution in [2.24, 2.45) is 0 Å². The summed E-state index contributed by atoms with van der Waals surface area (Å²) >= 11 is 3.29. The first kappa shape index (κ1) is 4.57. The topological polar surface area (TPSA) is 0 Å². The second-order valence-corrected chi connectivity index (χ2v) is 2.46. The Morgan fingerprint density at radius 3 is 2.88 bits per heavy atom. The lowest BCUT2D eigenvalue weighted by atomic mass is 10.2. The summed E-state index contributed by atoms with van der Waals surface area (Å²) in [7, 11) is 0. The number of aryl methyl sites for hydroxylation is 1. The summed E-state index contributed by atoms with van der Waals surface area (Å²) in [5, 5.41) is 0. The fraction of sp³-hybridized carbons (Fsp3) is 0.143. The Kier molecular flexibility index (Phi) is 1.32. The molecule has 1 heteroatoms. The lowest BCUT2D eigenvalue weighted by molar-refractivity contribution is 1.43. The van der Waals surface area contributed by atoms with E-state index in [9.17, 15) is 0 Å². The van der Waals surface area contributed by atoms with Gasteiger partial charge in [-0.15, -0.1) is 0 Å². The molecule has 8 heavy (non-hydrogen) atoms. The van der Waals surface area contributed by atoms with Crippen LogP contribution in [0.5, 0.6) is 0 Å². The van der Waals surface area contributed by atoms with Crippen LogP contribution in [-0.2, 0) is 0 Å². The maximum absolute atomic E-state index is 7.31. The molecule has 1 aromatic rings. The summed E-state index contributed by atoms with van der Waals surface area (Å²) < 4.78 is 8.21. The van der Waals surface area contributed by atoms with E-state index >= 15 is 0 Å². The maximum Gasteiger partial charge on any atom is 0.0635 e. The van der Waals surface area contributed by atoms with E-state index in [2.05, 4.69) is 15.9 Å². The molecule has 0 amide bonds. The van der Waals surface area contributed by atoms with Crippen LogP contribution in [0.4, 0.5) is 0 Å². The van der Waals surface area contributed by atoms with Gasteiger partial charge in [-0.1, -0.05) is 34.1 Å². The van der Waals surface area contributed by atoms with Gasteiger partial charge in [-0.3, -0.25) is 0 Å². The molecule has 0 saturated heterocycles. The van der Waals surface area contributed by atoms with Crippen LogP contribution in [0, 0.1) is 6.92 Å². The molecule has 0 fully saturated rings. The smallest absolute Gasteiger partial charge is 0.0619 e. The van der Waals surface area contributed by atoms with Crippen LogP contribution >= 0.6 is 15.9 Å². The van der Waals surface area contributed by atoms with Crippen LogP contribution in [0.3, 0.4) is 0 Å². The van der Waals surface area contributed by atoms with Crippen LogP contribution in [0.2, 0.25) is 0 Å². The Morgan fingerprint density at radius 2 is 2.38 bits per heavy atom. The predicted molar refractivity (Wildman–Crippen MR) is 38.9 cm³/mol. The van der Waals surface area contributed by atoms with E-state index in [1.807, 2.05) is 19.1 Å². The third kappa shape index (κ3) is 1.10. The van der Waals surface area contributed by atoms with Crippen molar-refractivity contribution in [3.8, 4) is 0 Å². The molecule has 0 radical (unpaired) electrons. The molecule has 0 aliphatic rings. The molecule has 0 aromatic heterocycles. The summed E-state index contributed by atoms with van der Waals surface area (Å²) in [6.45, 7) is 1.97. The molecule has 0 saturated carbocycles. The molecular formula is C7H7Br. The van der Waals surface area contributed by atoms with E-state index in [1.54, 1.807) is 6.07 Å². The van der Waals surface area contributed by atoms with Crippen LogP contribution in [0.1, 0.15) is 6.93 Å². The van der Waals surface area contributed by atoms with E-state index in [1.165, 1.54) is 0 Å². The molecule has 42 valence electrons. The van der Waals surface area contributed by atoms with Gasteiger partial charge in [0.15, 0.2) is 0 Å². The van der Waals surface area contributed by atoms with E-state index in [0.717, 1.165) is 10.0 Å². The SMILES string of the molecule is [2H]c1cccc(C)c1Br. The van der Waals surface area contributed by atoms with Crippen molar-refractivity contribution in [1.82, 2.24) is 0 Å². The van der Waals surface area contributed by atoms with Crippen molar-refractivity contribution in [3.05, 3.63) is 34.3 Å². The van der Waals surface area contributed by atoms with Crippen molar-refractivity contribution >= 4 is 15.9 Å². The highest BCUT2D eigenvalue weighted by atomic mass is 79.9. The molecule has 1 aromatic carbocycles. The normalized spacial score (nSPS) is 11.0. The van der Waals surface area contributed by atoms with Gasteiger partial charge < -0.3 is 0 Å². The molecule has 0 bridgehead atoms. The molecule has 0 aliphatic carbocycles. The van der Waals surface area contributed by atoms with Crippen LogP contribution in [0.15, 0.2) is 28.7 Å². The average molecular weight is 172 g/mol. The second-order valence-electron chi connectivity index (χ2n) is 1.67. The van der Waals surface area contributed by atoms with Crippen molar-refractivity contribution in [1.29, 1.82) is 0 Å². The highest BCUT2D eigenvalue weighted by molar-refractivity contribution is 9.10. The van der Waals surface area contributed by atoms with Gasteiger partial charge in [0.1, 0.15) is 0 Å². The fourth-order valence-corrected chi connectivity index (χ4v) is 0.765. The summed E-state index contributed by atoms with van der Waals surface area (Å²) in [5.41, 5.74) is 1.11. The Morgan fingerprint density at radius 1 is 1.62 bits per heavy atom. The largest absolute Gasteiger partial charge is 0.0635 e. The van der Waals surface area contributed by atoms with Crippen molar-refractivity contribution < 1.29 is 1.37 Å². The van der Waals surface area contributed by atoms with E-state index in [0.29, 0.717) is 6.04 Å². The van der Waals surface area contributed by atoms with E-state index < -0.39 is 0 Å². The van der Waals surface area contributed by atoms with Gasteiger partial charge in [-0.05, 0) is 18.5 Å². The quantitative estimate of drug-likeness (QED) is 0.564. The van der Waals surface area contributed by atoms with Crippen LogP contribution in [-0.4, -0.2) is 0 Å². The zero-order valence-electron chi connectivity index (χ0n) is 5.61. The lowest BCUT2D eigenvalue weighted by Gasteiger charge is -1.91. The molecule has 0 N–H and O–H groups in total. The number of hydrogen-bond acceptors (Lipinski definition) is 0. The molecule has 0 heterocycles. The van der Waals surface area contributed by atoms with Gasteiger partial charge >= 0.3 is 0 Å². The summed E-state index contributed by atoms with van der Waals surface area (Å²) in [6.07, 6.45) is 0. The number of benzene rings is 1. The minimum Gasteiger partial charge on any atom is -0.0619 e. The first-order valence-corrected chi connectivity index (χ1v) is 3.23. The van der Waals surface area contributed by atoms with Gasteiger partial charge in [-0.25, -0.2) is 0 Å². The maximum atomic E-state index is 7.31. The van der Waals surface area contributed by atoms with Gasteiger partial charge in [0.25, 0.3) is 0 Å². The summed E-state index contributed by atoms with van der Waals surface area (Å²) in [6, 6.07) is 6.16. The fourth-order valence-electron chi connectivity index (χ4n) is 0.501. The first-order chi connectivity index (χ1) is 4.22. The van der Waals surface area contributed by atoms with E-state index in [-0.39, 0.29) is 0 Å². The molecule has 0 aliphatic heterocycles. The highest BCUT2D eigenvalue weighted by Gasteiger charge is 1.85. The highest BCUT2D eigenvalue weighted by Crippen LogP contribution is 2.13. The standard InChI is InChI=1S/C7H7Br/c1-6-4-2-3-5-7(6)8/h2-5H,1H3/i5D. The summed E-state index contributed by atoms with van der Waals surface area (Å²) in [5.74, 6) is 0. The Bertz CT molecular complexity index is 200. The van der Waals surface area contributed by atoms with Crippen LogP contribution in [0.25, 0.3) is 0 Å². The molecule has 0 spiro atoms. The Hall–Kier alpha value is -0.300. The van der Waals surface area contributed by atoms with Crippen molar-refractivity contribution in [2.75, 3.05) is 0 Å². The Balaban J connectivity index is 3.25. The zero-order valence-corrected chi connectivity index (χ0v) is 6.20. The van der Waals surface area contributed by atoms with Crippen LogP contribution < -0.4 is 0 Å². The molecule has 0 unspecified atom stereocenters. The number of hydrogen-bond donors (Lipinski definition) is 0. The van der Waals surface area contributed by atoms with Crippen molar-refractivity contribution in [3.63, 3.8) is 0 Å². The average Bonchev–Trinajstić information content (AvgIpc) is 1.83. The minimum absolute atomic E-state index is 0.551. The third-order valence-electron chi connectivity index (χ3n) is 0.999. The van der Waals surface area contributed by atoms with Gasteiger partial charge in [0, 0.05) is 4.47 Å². The third-order valence-corrected chi connectivity index (χ3v) is 1.85. The number of halogens is 1. The van der Waals surface area contributed by atoms with Gasteiger partial charge in [0.2, 0.25) is 0 Å². The zero-order chi connectivity index (χ0) is 6.85. The molecule has 1 rings (SSSR count). The molecule has 0 nitrogen and oxygen atoms in total. The van der Waals surface area contributed by atoms with Gasteiger partial charge in [0.05, 0.1) is 1.37 Å². The van der Waals surface area contributed by atoms with E-state index in [4.69, 9.17) is 1.37 Å². The number of rotatable bonds is 0.